The summed E-state index contributed by atoms with van der Waals surface area (Å²) in [6.07, 6.45) is 3.13. The highest BCUT2D eigenvalue weighted by Crippen LogP contribution is 2.20. The zero-order chi connectivity index (χ0) is 15.7. The lowest BCUT2D eigenvalue weighted by atomic mass is 10.1. The zero-order valence-electron chi connectivity index (χ0n) is 13.1. The molecule has 1 aromatic carbocycles. The molecule has 1 aliphatic heterocycles. The number of benzene rings is 1. The lowest BCUT2D eigenvalue weighted by Crippen LogP contribution is -2.34. The number of carbonyl (C=O) groups is 1. The molecule has 3 rings (SSSR count). The molecule has 22 heavy (non-hydrogen) atoms. The van der Waals surface area contributed by atoms with Gasteiger partial charge < -0.3 is 14.8 Å². The number of carbonyl (C=O) groups excluding carboxylic acids is 1. The Labute approximate surface area is 129 Å². The molecule has 2 aromatic rings. The number of nitrogens with one attached hydrogen (secondary N) is 1. The van der Waals surface area contributed by atoms with Crippen LogP contribution in [-0.2, 0) is 0 Å². The van der Waals surface area contributed by atoms with E-state index in [1.807, 2.05) is 4.90 Å². The molecule has 1 aromatic heterocycles. The maximum atomic E-state index is 13.3. The van der Waals surface area contributed by atoms with Gasteiger partial charge in [0.15, 0.2) is 0 Å². The number of hydrogen-bond donors (Lipinski definition) is 1. The second-order valence-electron chi connectivity index (χ2n) is 6.26. The Morgan fingerprint density at radius 2 is 2.09 bits per heavy atom. The fourth-order valence-corrected chi connectivity index (χ4v) is 3.19. The molecule has 5 heteroatoms. The van der Waals surface area contributed by atoms with Crippen LogP contribution < -0.4 is 0 Å². The largest absolute Gasteiger partial charge is 0.351 e. The van der Waals surface area contributed by atoms with E-state index in [0.29, 0.717) is 11.7 Å². The summed E-state index contributed by atoms with van der Waals surface area (Å²) in [4.78, 5) is 19.9. The lowest BCUT2D eigenvalue weighted by molar-refractivity contribution is 0.0753. The van der Waals surface area contributed by atoms with Gasteiger partial charge >= 0.3 is 0 Å². The van der Waals surface area contributed by atoms with E-state index in [4.69, 9.17) is 0 Å². The predicted molar refractivity (Wildman–Crippen MR) is 85.5 cm³/mol. The minimum absolute atomic E-state index is 0.0102. The molecular formula is C17H22FN3O. The number of H-pyrrole nitrogens is 1. The SMILES string of the molecule is CN(C)[C@H]1CCCN(C(=O)c2cc3cc(F)ccc3[nH]2)CC1. The first-order valence-electron chi connectivity index (χ1n) is 7.78. The second-order valence-corrected chi connectivity index (χ2v) is 6.26. The third-order valence-electron chi connectivity index (χ3n) is 4.53. The first-order chi connectivity index (χ1) is 10.5. The zero-order valence-corrected chi connectivity index (χ0v) is 13.1. The van der Waals surface area contributed by atoms with Gasteiger partial charge in [-0.3, -0.25) is 4.79 Å². The van der Waals surface area contributed by atoms with Crippen LogP contribution in [-0.4, -0.2) is 53.9 Å². The van der Waals surface area contributed by atoms with Crippen molar-refractivity contribution < 1.29 is 9.18 Å². The van der Waals surface area contributed by atoms with E-state index < -0.39 is 0 Å². The fraction of sp³-hybridized carbons (Fsp3) is 0.471. The number of rotatable bonds is 2. The van der Waals surface area contributed by atoms with Crippen LogP contribution in [0.2, 0.25) is 0 Å². The van der Waals surface area contributed by atoms with Crippen LogP contribution >= 0.6 is 0 Å². The fourth-order valence-electron chi connectivity index (χ4n) is 3.19. The summed E-state index contributed by atoms with van der Waals surface area (Å²) in [6, 6.07) is 6.81. The number of nitrogens with zero attached hydrogens (tertiary/aromatic N) is 2. The third kappa shape index (κ3) is 2.99. The van der Waals surface area contributed by atoms with Crippen LogP contribution in [0.3, 0.4) is 0 Å². The summed E-state index contributed by atoms with van der Waals surface area (Å²) in [5.74, 6) is -0.273. The van der Waals surface area contributed by atoms with E-state index in [0.717, 1.165) is 43.3 Å². The van der Waals surface area contributed by atoms with Crippen LogP contribution in [0.15, 0.2) is 24.3 Å². The molecule has 1 N–H and O–H groups in total. The van der Waals surface area contributed by atoms with Crippen LogP contribution in [0.4, 0.5) is 4.39 Å². The van der Waals surface area contributed by atoms with Gasteiger partial charge in [-0.25, -0.2) is 4.39 Å². The van der Waals surface area contributed by atoms with Crippen LogP contribution in [0.5, 0.6) is 0 Å². The summed E-state index contributed by atoms with van der Waals surface area (Å²) >= 11 is 0. The van der Waals surface area contributed by atoms with Crippen molar-refractivity contribution in [2.24, 2.45) is 0 Å². The van der Waals surface area contributed by atoms with E-state index in [1.54, 1.807) is 12.1 Å². The van der Waals surface area contributed by atoms with Gasteiger partial charge in [-0.15, -0.1) is 0 Å². The van der Waals surface area contributed by atoms with Gasteiger partial charge in [0.05, 0.1) is 0 Å². The first kappa shape index (κ1) is 15.0. The molecule has 1 saturated heterocycles. The summed E-state index contributed by atoms with van der Waals surface area (Å²) in [6.45, 7) is 1.55. The van der Waals surface area contributed by atoms with Gasteiger partial charge in [0.1, 0.15) is 11.5 Å². The average molecular weight is 303 g/mol. The van der Waals surface area contributed by atoms with Gasteiger partial charge in [0, 0.05) is 30.0 Å². The highest BCUT2D eigenvalue weighted by Gasteiger charge is 2.23. The molecule has 1 aliphatic rings. The predicted octanol–water partition coefficient (Wildman–Crippen LogP) is 2.86. The minimum Gasteiger partial charge on any atom is -0.351 e. The molecule has 0 bridgehead atoms. The summed E-state index contributed by atoms with van der Waals surface area (Å²) in [7, 11) is 4.18. The van der Waals surface area contributed by atoms with E-state index in [1.165, 1.54) is 12.1 Å². The Morgan fingerprint density at radius 1 is 1.27 bits per heavy atom. The molecule has 0 radical (unpaired) electrons. The molecule has 1 fully saturated rings. The van der Waals surface area contributed by atoms with Crippen molar-refractivity contribution in [2.75, 3.05) is 27.2 Å². The number of amides is 1. The van der Waals surface area contributed by atoms with Crippen molar-refractivity contribution in [3.63, 3.8) is 0 Å². The van der Waals surface area contributed by atoms with E-state index in [-0.39, 0.29) is 11.7 Å². The highest BCUT2D eigenvalue weighted by molar-refractivity contribution is 5.98. The molecule has 0 spiro atoms. The highest BCUT2D eigenvalue weighted by atomic mass is 19.1. The Hall–Kier alpha value is -1.88. The van der Waals surface area contributed by atoms with Gasteiger partial charge in [-0.1, -0.05) is 0 Å². The van der Waals surface area contributed by atoms with Crippen molar-refractivity contribution in [1.29, 1.82) is 0 Å². The molecule has 0 saturated carbocycles. The van der Waals surface area contributed by atoms with Crippen molar-refractivity contribution in [2.45, 2.75) is 25.3 Å². The van der Waals surface area contributed by atoms with Crippen molar-refractivity contribution in [3.8, 4) is 0 Å². The molecule has 0 unspecified atom stereocenters. The Kier molecular flexibility index (Phi) is 4.16. The summed E-state index contributed by atoms with van der Waals surface area (Å²) in [5, 5.41) is 0.740. The van der Waals surface area contributed by atoms with Crippen LogP contribution in [0.1, 0.15) is 29.8 Å². The molecule has 118 valence electrons. The molecular weight excluding hydrogens is 281 g/mol. The quantitative estimate of drug-likeness (QED) is 0.926. The Bertz CT molecular complexity index is 680. The maximum absolute atomic E-state index is 13.3. The number of likely N-dealkylation sites (tertiary alicyclic amines) is 1. The van der Waals surface area contributed by atoms with Gasteiger partial charge in [-0.2, -0.15) is 0 Å². The van der Waals surface area contributed by atoms with Crippen LogP contribution in [0.25, 0.3) is 10.9 Å². The summed E-state index contributed by atoms with van der Waals surface area (Å²) < 4.78 is 13.3. The number of hydrogen-bond acceptors (Lipinski definition) is 2. The monoisotopic (exact) mass is 303 g/mol. The van der Waals surface area contributed by atoms with Gasteiger partial charge in [0.25, 0.3) is 5.91 Å². The van der Waals surface area contributed by atoms with E-state index >= 15 is 0 Å². The number of fused-ring (bicyclic) bond motifs is 1. The Morgan fingerprint density at radius 3 is 2.86 bits per heavy atom. The molecule has 1 atom stereocenters. The maximum Gasteiger partial charge on any atom is 0.270 e. The minimum atomic E-state index is -0.283. The Balaban J connectivity index is 1.77. The molecule has 0 aliphatic carbocycles. The van der Waals surface area contributed by atoms with Crippen molar-refractivity contribution >= 4 is 16.8 Å². The number of halogens is 1. The van der Waals surface area contributed by atoms with Crippen LogP contribution in [0, 0.1) is 5.82 Å². The van der Waals surface area contributed by atoms with Gasteiger partial charge in [-0.05, 0) is 57.6 Å². The molecule has 4 nitrogen and oxygen atoms in total. The summed E-state index contributed by atoms with van der Waals surface area (Å²) in [5.41, 5.74) is 1.34. The van der Waals surface area contributed by atoms with Gasteiger partial charge in [0.2, 0.25) is 0 Å². The van der Waals surface area contributed by atoms with E-state index in [9.17, 15) is 9.18 Å². The number of aromatic nitrogens is 1. The first-order valence-corrected chi connectivity index (χ1v) is 7.78. The number of aromatic amines is 1. The topological polar surface area (TPSA) is 39.3 Å². The van der Waals surface area contributed by atoms with Crippen molar-refractivity contribution in [1.82, 2.24) is 14.8 Å². The molecule has 2 heterocycles. The normalized spacial score (nSPS) is 19.6. The molecule has 1 amide bonds. The average Bonchev–Trinajstić information content (AvgIpc) is 2.74. The standard InChI is InChI=1S/C17H22FN3O/c1-20(2)14-4-3-8-21(9-7-14)17(22)16-11-12-10-13(18)5-6-15(12)19-16/h5-6,10-11,14,19H,3-4,7-9H2,1-2H3/t14-/m0/s1. The van der Waals surface area contributed by atoms with E-state index in [2.05, 4.69) is 24.0 Å². The smallest absolute Gasteiger partial charge is 0.270 e. The second kappa shape index (κ2) is 6.08. The third-order valence-corrected chi connectivity index (χ3v) is 4.53. The van der Waals surface area contributed by atoms with Crippen molar-refractivity contribution in [3.05, 3.63) is 35.8 Å². The lowest BCUT2D eigenvalue weighted by Gasteiger charge is -2.23.